The second-order valence-electron chi connectivity index (χ2n) is 6.91. The second kappa shape index (κ2) is 9.56. The first-order chi connectivity index (χ1) is 14.0. The summed E-state index contributed by atoms with van der Waals surface area (Å²) in [5.41, 5.74) is 2.52. The van der Waals surface area contributed by atoms with Crippen LogP contribution in [0, 0.1) is 18.6 Å². The lowest BCUT2D eigenvalue weighted by molar-refractivity contribution is 0.316. The highest BCUT2D eigenvalue weighted by atomic mass is 19.2. The summed E-state index contributed by atoms with van der Waals surface area (Å²) in [5.74, 6) is -0.452. The summed E-state index contributed by atoms with van der Waals surface area (Å²) in [6, 6.07) is 9.83. The lowest BCUT2D eigenvalue weighted by atomic mass is 10.1. The van der Waals surface area contributed by atoms with Crippen LogP contribution < -0.4 is 5.32 Å². The number of benzene rings is 2. The highest BCUT2D eigenvalue weighted by Gasteiger charge is 2.08. The minimum Gasteiger partial charge on any atom is -0.368 e. The van der Waals surface area contributed by atoms with Gasteiger partial charge in [0.05, 0.1) is 5.52 Å². The number of likely N-dealkylation sites (N-methyl/N-ethyl adjacent to an activating group) is 1. The van der Waals surface area contributed by atoms with E-state index < -0.39 is 11.6 Å². The van der Waals surface area contributed by atoms with Crippen molar-refractivity contribution in [3.05, 3.63) is 65.0 Å². The lowest BCUT2D eigenvalue weighted by Crippen LogP contribution is -2.28. The van der Waals surface area contributed by atoms with Gasteiger partial charge in [-0.3, -0.25) is 0 Å². The molecule has 0 aliphatic heterocycles. The molecule has 0 atom stereocenters. The Morgan fingerprint density at radius 1 is 0.966 bits per heavy atom. The van der Waals surface area contributed by atoms with Gasteiger partial charge >= 0.3 is 0 Å². The number of hydrogen-bond acceptors (Lipinski definition) is 4. The monoisotopic (exact) mass is 396 g/mol. The van der Waals surface area contributed by atoms with Crippen LogP contribution >= 0.6 is 0 Å². The van der Waals surface area contributed by atoms with Crippen LogP contribution in [-0.4, -0.2) is 41.0 Å². The van der Waals surface area contributed by atoms with Crippen LogP contribution in [0.2, 0.25) is 0 Å². The maximum Gasteiger partial charge on any atom is 0.159 e. The Balaban J connectivity index is 1.88. The molecule has 0 radical (unpaired) electrons. The second-order valence-corrected chi connectivity index (χ2v) is 6.91. The Morgan fingerprint density at radius 2 is 1.76 bits per heavy atom. The normalized spacial score (nSPS) is 11.7. The topological polar surface area (TPSA) is 41.0 Å². The van der Waals surface area contributed by atoms with Crippen molar-refractivity contribution in [2.45, 2.75) is 20.8 Å². The molecular formula is C23H26F2N4. The molecule has 0 unspecified atom stereocenters. The van der Waals surface area contributed by atoms with Crippen molar-refractivity contribution in [3.63, 3.8) is 0 Å². The SMILES string of the molecule is CCN(CC)CCNc1nc(/C=C/c2ccc(F)c(F)c2)nc2ccc(C)cc12. The molecular weight excluding hydrogens is 370 g/mol. The van der Waals surface area contributed by atoms with Crippen molar-refractivity contribution in [1.82, 2.24) is 14.9 Å². The molecule has 3 rings (SSSR count). The van der Waals surface area contributed by atoms with Crippen molar-refractivity contribution in [1.29, 1.82) is 0 Å². The lowest BCUT2D eigenvalue weighted by Gasteiger charge is -2.18. The van der Waals surface area contributed by atoms with Crippen LogP contribution in [0.5, 0.6) is 0 Å². The summed E-state index contributed by atoms with van der Waals surface area (Å²) in [6.07, 6.45) is 3.39. The zero-order chi connectivity index (χ0) is 20.8. The zero-order valence-corrected chi connectivity index (χ0v) is 17.0. The van der Waals surface area contributed by atoms with Crippen molar-refractivity contribution < 1.29 is 8.78 Å². The Hall–Kier alpha value is -2.86. The van der Waals surface area contributed by atoms with Crippen molar-refractivity contribution in [2.75, 3.05) is 31.5 Å². The van der Waals surface area contributed by atoms with Crippen molar-refractivity contribution in [3.8, 4) is 0 Å². The Morgan fingerprint density at radius 3 is 2.48 bits per heavy atom. The number of halogens is 2. The maximum atomic E-state index is 13.4. The van der Waals surface area contributed by atoms with E-state index in [9.17, 15) is 8.78 Å². The average Bonchev–Trinajstić information content (AvgIpc) is 2.72. The minimum atomic E-state index is -0.874. The van der Waals surface area contributed by atoms with E-state index in [1.54, 1.807) is 12.2 Å². The van der Waals surface area contributed by atoms with Gasteiger partial charge in [-0.05, 0) is 55.9 Å². The van der Waals surface area contributed by atoms with E-state index in [1.807, 2.05) is 19.1 Å². The van der Waals surface area contributed by atoms with E-state index in [0.717, 1.165) is 60.6 Å². The predicted octanol–water partition coefficient (Wildman–Crippen LogP) is 5.14. The fraction of sp³-hybridized carbons (Fsp3) is 0.304. The number of anilines is 1. The average molecular weight is 396 g/mol. The van der Waals surface area contributed by atoms with E-state index >= 15 is 0 Å². The number of rotatable bonds is 8. The molecule has 6 heteroatoms. The van der Waals surface area contributed by atoms with E-state index in [0.29, 0.717) is 11.4 Å². The Kier molecular flexibility index (Phi) is 6.88. The van der Waals surface area contributed by atoms with Crippen LogP contribution in [0.1, 0.15) is 30.8 Å². The molecule has 1 aromatic heterocycles. The van der Waals surface area contributed by atoms with Gasteiger partial charge in [0.15, 0.2) is 17.5 Å². The molecule has 0 saturated carbocycles. The molecule has 0 aliphatic rings. The number of nitrogens with one attached hydrogen (secondary N) is 1. The first kappa shape index (κ1) is 20.9. The summed E-state index contributed by atoms with van der Waals surface area (Å²) < 4.78 is 26.5. The number of fused-ring (bicyclic) bond motifs is 1. The number of hydrogen-bond donors (Lipinski definition) is 1. The van der Waals surface area contributed by atoms with Crippen molar-refractivity contribution in [2.24, 2.45) is 0 Å². The zero-order valence-electron chi connectivity index (χ0n) is 17.0. The molecule has 1 N–H and O–H groups in total. The highest BCUT2D eigenvalue weighted by Crippen LogP contribution is 2.22. The molecule has 29 heavy (non-hydrogen) atoms. The molecule has 0 bridgehead atoms. The molecule has 0 amide bonds. The number of aryl methyl sites for hydroxylation is 1. The summed E-state index contributed by atoms with van der Waals surface area (Å²) >= 11 is 0. The highest BCUT2D eigenvalue weighted by molar-refractivity contribution is 5.90. The van der Waals surface area contributed by atoms with Gasteiger partial charge in [-0.1, -0.05) is 37.6 Å². The fourth-order valence-corrected chi connectivity index (χ4v) is 3.13. The standard InChI is InChI=1S/C23H26F2N4/c1-4-29(5-2)13-12-26-23-18-14-16(3)6-10-21(18)27-22(28-23)11-8-17-7-9-19(24)20(25)15-17/h6-11,14-15H,4-5,12-13H2,1-3H3,(H,26,27,28)/b11-8+. The summed E-state index contributed by atoms with van der Waals surface area (Å²) in [5, 5.41) is 4.40. The molecule has 3 aromatic rings. The quantitative estimate of drug-likeness (QED) is 0.572. The number of nitrogens with zero attached hydrogens (tertiary/aromatic N) is 3. The van der Waals surface area contributed by atoms with Gasteiger partial charge in [-0.2, -0.15) is 0 Å². The summed E-state index contributed by atoms with van der Waals surface area (Å²) in [4.78, 5) is 11.6. The van der Waals surface area contributed by atoms with Gasteiger partial charge < -0.3 is 10.2 Å². The third kappa shape index (κ3) is 5.35. The minimum absolute atomic E-state index is 0.511. The van der Waals surface area contributed by atoms with Gasteiger partial charge in [0, 0.05) is 18.5 Å². The van der Waals surface area contributed by atoms with Gasteiger partial charge in [0.1, 0.15) is 5.82 Å². The van der Waals surface area contributed by atoms with Crippen molar-refractivity contribution >= 4 is 28.9 Å². The smallest absolute Gasteiger partial charge is 0.159 e. The molecule has 0 fully saturated rings. The molecule has 1 heterocycles. The Bertz CT molecular complexity index is 1010. The predicted molar refractivity (Wildman–Crippen MR) is 116 cm³/mol. The maximum absolute atomic E-state index is 13.4. The third-order valence-corrected chi connectivity index (χ3v) is 4.85. The van der Waals surface area contributed by atoms with E-state index in [-0.39, 0.29) is 0 Å². The largest absolute Gasteiger partial charge is 0.368 e. The van der Waals surface area contributed by atoms with Crippen LogP contribution in [0.25, 0.3) is 23.1 Å². The van der Waals surface area contributed by atoms with Crippen LogP contribution in [0.3, 0.4) is 0 Å². The fourth-order valence-electron chi connectivity index (χ4n) is 3.13. The number of aromatic nitrogens is 2. The molecule has 4 nitrogen and oxygen atoms in total. The van der Waals surface area contributed by atoms with E-state index in [2.05, 4.69) is 40.1 Å². The van der Waals surface area contributed by atoms with Gasteiger partial charge in [0.2, 0.25) is 0 Å². The van der Waals surface area contributed by atoms with E-state index in [4.69, 9.17) is 0 Å². The Labute approximate surface area is 170 Å². The molecule has 0 aliphatic carbocycles. The van der Waals surface area contributed by atoms with Gasteiger partial charge in [-0.15, -0.1) is 0 Å². The molecule has 0 saturated heterocycles. The van der Waals surface area contributed by atoms with Crippen LogP contribution in [-0.2, 0) is 0 Å². The summed E-state index contributed by atoms with van der Waals surface area (Å²) in [6.45, 7) is 10.0. The first-order valence-electron chi connectivity index (χ1n) is 9.88. The first-order valence-corrected chi connectivity index (χ1v) is 9.88. The third-order valence-electron chi connectivity index (χ3n) is 4.85. The van der Waals surface area contributed by atoms with Crippen LogP contribution in [0.4, 0.5) is 14.6 Å². The molecule has 152 valence electrons. The molecule has 0 spiro atoms. The van der Waals surface area contributed by atoms with Gasteiger partial charge in [0.25, 0.3) is 0 Å². The molecule has 2 aromatic carbocycles. The summed E-state index contributed by atoms with van der Waals surface area (Å²) in [7, 11) is 0. The van der Waals surface area contributed by atoms with Crippen LogP contribution in [0.15, 0.2) is 36.4 Å². The van der Waals surface area contributed by atoms with Gasteiger partial charge in [-0.25, -0.2) is 18.7 Å². The van der Waals surface area contributed by atoms with E-state index in [1.165, 1.54) is 6.07 Å².